The summed E-state index contributed by atoms with van der Waals surface area (Å²) in [6.07, 6.45) is 1.39. The Labute approximate surface area is 147 Å². The number of fused-ring (bicyclic) bond motifs is 1. The lowest BCUT2D eigenvalue weighted by Crippen LogP contribution is -2.24. The standard InChI is InChI=1S/C19H15FN2O4/c1-12-8-19(24)26-17-9-15(6-7-16(12)17)25-11-18(23)22-21-10-13-2-4-14(20)5-3-13/h2-10H,11H2,1H3,(H,22,23)/b21-10-. The summed E-state index contributed by atoms with van der Waals surface area (Å²) in [7, 11) is 0. The summed E-state index contributed by atoms with van der Waals surface area (Å²) in [6, 6.07) is 12.1. The number of rotatable bonds is 5. The van der Waals surface area contributed by atoms with Crippen LogP contribution < -0.4 is 15.8 Å². The zero-order chi connectivity index (χ0) is 18.5. The molecular formula is C19H15FN2O4. The monoisotopic (exact) mass is 354 g/mol. The van der Waals surface area contributed by atoms with E-state index in [-0.39, 0.29) is 12.4 Å². The minimum atomic E-state index is -0.464. The van der Waals surface area contributed by atoms with E-state index >= 15 is 0 Å². The van der Waals surface area contributed by atoms with E-state index in [1.807, 2.05) is 6.92 Å². The molecule has 0 saturated heterocycles. The SMILES string of the molecule is Cc1cc(=O)oc2cc(OCC(=O)N/N=C\c3ccc(F)cc3)ccc12. The number of carbonyl (C=O) groups is 1. The van der Waals surface area contributed by atoms with Crippen molar-refractivity contribution in [1.82, 2.24) is 5.43 Å². The number of nitrogens with zero attached hydrogens (tertiary/aromatic N) is 1. The highest BCUT2D eigenvalue weighted by Crippen LogP contribution is 2.22. The van der Waals surface area contributed by atoms with Gasteiger partial charge >= 0.3 is 5.63 Å². The lowest BCUT2D eigenvalue weighted by molar-refractivity contribution is -0.123. The number of ether oxygens (including phenoxy) is 1. The van der Waals surface area contributed by atoms with E-state index in [0.717, 1.165) is 10.9 Å². The van der Waals surface area contributed by atoms with E-state index in [9.17, 15) is 14.0 Å². The number of carbonyl (C=O) groups excluding carboxylic acids is 1. The van der Waals surface area contributed by atoms with Crippen molar-refractivity contribution < 1.29 is 18.3 Å². The van der Waals surface area contributed by atoms with Crippen LogP contribution in [-0.4, -0.2) is 18.7 Å². The van der Waals surface area contributed by atoms with Crippen LogP contribution in [0.3, 0.4) is 0 Å². The first-order chi connectivity index (χ1) is 12.5. The maximum atomic E-state index is 12.8. The number of amides is 1. The first-order valence-electron chi connectivity index (χ1n) is 7.76. The summed E-state index contributed by atoms with van der Waals surface area (Å²) in [4.78, 5) is 23.2. The van der Waals surface area contributed by atoms with Gasteiger partial charge in [-0.1, -0.05) is 12.1 Å². The van der Waals surface area contributed by atoms with E-state index in [1.54, 1.807) is 18.2 Å². The van der Waals surface area contributed by atoms with Gasteiger partial charge in [-0.2, -0.15) is 5.10 Å². The first-order valence-corrected chi connectivity index (χ1v) is 7.76. The number of benzene rings is 2. The minimum absolute atomic E-state index is 0.262. The Bertz CT molecular complexity index is 1030. The number of hydrogen-bond donors (Lipinski definition) is 1. The van der Waals surface area contributed by atoms with E-state index < -0.39 is 11.5 Å². The number of hydrogen-bond acceptors (Lipinski definition) is 5. The molecule has 0 radical (unpaired) electrons. The highest BCUT2D eigenvalue weighted by molar-refractivity contribution is 5.83. The molecule has 3 rings (SSSR count). The molecule has 1 aromatic heterocycles. The van der Waals surface area contributed by atoms with Gasteiger partial charge in [0.1, 0.15) is 17.1 Å². The van der Waals surface area contributed by atoms with Crippen molar-refractivity contribution in [3.8, 4) is 5.75 Å². The molecule has 0 fully saturated rings. The Morgan fingerprint density at radius 1 is 1.23 bits per heavy atom. The Morgan fingerprint density at radius 2 is 2.00 bits per heavy atom. The Morgan fingerprint density at radius 3 is 2.77 bits per heavy atom. The molecule has 0 aliphatic rings. The predicted molar refractivity (Wildman–Crippen MR) is 94.9 cm³/mol. The van der Waals surface area contributed by atoms with Crippen LogP contribution in [0.1, 0.15) is 11.1 Å². The molecule has 2 aromatic carbocycles. The summed E-state index contributed by atoms with van der Waals surface area (Å²) >= 11 is 0. The number of nitrogens with one attached hydrogen (secondary N) is 1. The fraction of sp³-hybridized carbons (Fsp3) is 0.105. The van der Waals surface area contributed by atoms with E-state index in [1.165, 1.54) is 36.5 Å². The van der Waals surface area contributed by atoms with Crippen molar-refractivity contribution in [2.24, 2.45) is 5.10 Å². The zero-order valence-corrected chi connectivity index (χ0v) is 13.9. The van der Waals surface area contributed by atoms with Crippen LogP contribution in [0.25, 0.3) is 11.0 Å². The third kappa shape index (κ3) is 4.32. The average molecular weight is 354 g/mol. The molecule has 3 aromatic rings. The topological polar surface area (TPSA) is 80.9 Å². The minimum Gasteiger partial charge on any atom is -0.484 e. The molecule has 7 heteroatoms. The molecule has 0 atom stereocenters. The smallest absolute Gasteiger partial charge is 0.336 e. The maximum Gasteiger partial charge on any atom is 0.336 e. The van der Waals surface area contributed by atoms with Gasteiger partial charge in [-0.15, -0.1) is 0 Å². The van der Waals surface area contributed by atoms with Crippen LogP contribution in [0.4, 0.5) is 4.39 Å². The third-order valence-electron chi connectivity index (χ3n) is 3.57. The molecule has 0 spiro atoms. The second-order valence-corrected chi connectivity index (χ2v) is 5.54. The van der Waals surface area contributed by atoms with Crippen molar-refractivity contribution in [3.05, 3.63) is 75.9 Å². The number of hydrazone groups is 1. The number of halogens is 1. The van der Waals surface area contributed by atoms with Crippen molar-refractivity contribution in [3.63, 3.8) is 0 Å². The van der Waals surface area contributed by atoms with Crippen LogP contribution in [-0.2, 0) is 4.79 Å². The Kier molecular flexibility index (Phi) is 5.07. The molecule has 132 valence electrons. The van der Waals surface area contributed by atoms with Crippen LogP contribution >= 0.6 is 0 Å². The summed E-state index contributed by atoms with van der Waals surface area (Å²) in [5, 5.41) is 4.57. The normalized spacial score (nSPS) is 11.0. The van der Waals surface area contributed by atoms with Crippen molar-refractivity contribution in [1.29, 1.82) is 0 Å². The molecule has 0 saturated carbocycles. The molecule has 0 bridgehead atoms. The first kappa shape index (κ1) is 17.3. The van der Waals surface area contributed by atoms with Gasteiger partial charge in [0.05, 0.1) is 6.21 Å². The highest BCUT2D eigenvalue weighted by atomic mass is 19.1. The predicted octanol–water partition coefficient (Wildman–Crippen LogP) is 2.77. The van der Waals surface area contributed by atoms with Gasteiger partial charge in [-0.05, 0) is 42.3 Å². The Hall–Kier alpha value is -3.48. The molecular weight excluding hydrogens is 339 g/mol. The van der Waals surface area contributed by atoms with E-state index in [4.69, 9.17) is 9.15 Å². The fourth-order valence-electron chi connectivity index (χ4n) is 2.30. The van der Waals surface area contributed by atoms with Crippen molar-refractivity contribution >= 4 is 23.1 Å². The van der Waals surface area contributed by atoms with Crippen molar-refractivity contribution in [2.45, 2.75) is 6.92 Å². The summed E-state index contributed by atoms with van der Waals surface area (Å²) in [6.45, 7) is 1.55. The van der Waals surface area contributed by atoms with Crippen LogP contribution in [0.5, 0.6) is 5.75 Å². The second-order valence-electron chi connectivity index (χ2n) is 5.54. The molecule has 26 heavy (non-hydrogen) atoms. The average Bonchev–Trinajstić information content (AvgIpc) is 2.61. The quantitative estimate of drug-likeness (QED) is 0.434. The van der Waals surface area contributed by atoms with Crippen LogP contribution in [0.15, 0.2) is 62.8 Å². The summed E-state index contributed by atoms with van der Waals surface area (Å²) in [5.41, 5.74) is 3.70. The summed E-state index contributed by atoms with van der Waals surface area (Å²) in [5.74, 6) is -0.418. The molecule has 1 amide bonds. The highest BCUT2D eigenvalue weighted by Gasteiger charge is 2.06. The molecule has 1 heterocycles. The maximum absolute atomic E-state index is 12.8. The molecule has 0 aliphatic heterocycles. The van der Waals surface area contributed by atoms with Gasteiger partial charge in [-0.25, -0.2) is 14.6 Å². The third-order valence-corrected chi connectivity index (χ3v) is 3.57. The van der Waals surface area contributed by atoms with Gasteiger partial charge < -0.3 is 9.15 Å². The molecule has 6 nitrogen and oxygen atoms in total. The van der Waals surface area contributed by atoms with Crippen molar-refractivity contribution in [2.75, 3.05) is 6.61 Å². The van der Waals surface area contributed by atoms with Gasteiger partial charge in [0.25, 0.3) is 5.91 Å². The van der Waals surface area contributed by atoms with Gasteiger partial charge in [0.15, 0.2) is 6.61 Å². The van der Waals surface area contributed by atoms with Gasteiger partial charge in [0.2, 0.25) is 0 Å². The van der Waals surface area contributed by atoms with Crippen LogP contribution in [0, 0.1) is 12.7 Å². The fourth-order valence-corrected chi connectivity index (χ4v) is 2.30. The lowest BCUT2D eigenvalue weighted by Gasteiger charge is -2.06. The molecule has 0 aliphatic carbocycles. The zero-order valence-electron chi connectivity index (χ0n) is 13.9. The Balaban J connectivity index is 1.58. The summed E-state index contributed by atoms with van der Waals surface area (Å²) < 4.78 is 23.3. The van der Waals surface area contributed by atoms with E-state index in [2.05, 4.69) is 10.5 Å². The lowest BCUT2D eigenvalue weighted by atomic mass is 10.1. The molecule has 0 unspecified atom stereocenters. The van der Waals surface area contributed by atoms with Crippen LogP contribution in [0.2, 0.25) is 0 Å². The van der Waals surface area contributed by atoms with E-state index in [0.29, 0.717) is 16.9 Å². The second kappa shape index (κ2) is 7.60. The van der Waals surface area contributed by atoms with Gasteiger partial charge in [0, 0.05) is 17.5 Å². The number of aryl methyl sites for hydroxylation is 1. The van der Waals surface area contributed by atoms with Gasteiger partial charge in [-0.3, -0.25) is 4.79 Å². The largest absolute Gasteiger partial charge is 0.484 e. The molecule has 1 N–H and O–H groups in total.